The molecule has 5 nitrogen and oxygen atoms in total. The van der Waals surface area contributed by atoms with Crippen LogP contribution in [0.1, 0.15) is 34.1 Å². The van der Waals surface area contributed by atoms with Crippen molar-refractivity contribution in [1.29, 1.82) is 0 Å². The summed E-state index contributed by atoms with van der Waals surface area (Å²) in [5.74, 6) is -0.998. The Morgan fingerprint density at radius 2 is 2.00 bits per heavy atom. The third-order valence-corrected chi connectivity index (χ3v) is 2.45. The summed E-state index contributed by atoms with van der Waals surface area (Å²) in [4.78, 5) is 23.8. The molecule has 0 aliphatic rings. The average molecular weight is 242 g/mol. The van der Waals surface area contributed by atoms with E-state index in [1.807, 2.05) is 33.8 Å². The SMILES string of the molecule is CCC(C)N(CC(=O)O)C(=O)NCC=C(C)C. The summed E-state index contributed by atoms with van der Waals surface area (Å²) >= 11 is 0. The maximum Gasteiger partial charge on any atom is 0.323 e. The molecule has 5 heteroatoms. The Bertz CT molecular complexity index is 296. The molecule has 0 bridgehead atoms. The van der Waals surface area contributed by atoms with Crippen molar-refractivity contribution in [1.82, 2.24) is 10.2 Å². The lowest BCUT2D eigenvalue weighted by Crippen LogP contribution is -2.47. The smallest absolute Gasteiger partial charge is 0.323 e. The molecule has 1 atom stereocenters. The molecule has 0 aromatic rings. The van der Waals surface area contributed by atoms with Crippen molar-refractivity contribution in [3.05, 3.63) is 11.6 Å². The number of nitrogens with one attached hydrogen (secondary N) is 1. The second kappa shape index (κ2) is 7.70. The zero-order chi connectivity index (χ0) is 13.4. The molecule has 2 N–H and O–H groups in total. The molecule has 0 saturated carbocycles. The highest BCUT2D eigenvalue weighted by Gasteiger charge is 2.20. The standard InChI is InChI=1S/C12H22N2O3/c1-5-10(4)14(8-11(15)16)12(17)13-7-6-9(2)3/h6,10H,5,7-8H2,1-4H3,(H,13,17)(H,15,16). The summed E-state index contributed by atoms with van der Waals surface area (Å²) in [7, 11) is 0. The van der Waals surface area contributed by atoms with Gasteiger partial charge in [0.15, 0.2) is 0 Å². The number of rotatable bonds is 6. The van der Waals surface area contributed by atoms with Crippen LogP contribution in [0.2, 0.25) is 0 Å². The van der Waals surface area contributed by atoms with Gasteiger partial charge in [-0.25, -0.2) is 4.79 Å². The van der Waals surface area contributed by atoms with Crippen LogP contribution in [0.15, 0.2) is 11.6 Å². The van der Waals surface area contributed by atoms with Crippen LogP contribution in [-0.4, -0.2) is 41.1 Å². The summed E-state index contributed by atoms with van der Waals surface area (Å²) < 4.78 is 0. The second-order valence-electron chi connectivity index (χ2n) is 4.25. The van der Waals surface area contributed by atoms with E-state index in [9.17, 15) is 9.59 Å². The molecule has 2 amide bonds. The van der Waals surface area contributed by atoms with Crippen molar-refractivity contribution >= 4 is 12.0 Å². The summed E-state index contributed by atoms with van der Waals surface area (Å²) in [6.45, 7) is 7.79. The summed E-state index contributed by atoms with van der Waals surface area (Å²) in [5.41, 5.74) is 1.11. The minimum Gasteiger partial charge on any atom is -0.480 e. The van der Waals surface area contributed by atoms with Crippen molar-refractivity contribution < 1.29 is 14.7 Å². The Kier molecular flexibility index (Phi) is 7.02. The zero-order valence-corrected chi connectivity index (χ0v) is 11.0. The van der Waals surface area contributed by atoms with Crippen LogP contribution in [0.25, 0.3) is 0 Å². The van der Waals surface area contributed by atoms with E-state index in [2.05, 4.69) is 5.32 Å². The monoisotopic (exact) mass is 242 g/mol. The zero-order valence-electron chi connectivity index (χ0n) is 11.0. The van der Waals surface area contributed by atoms with Crippen molar-refractivity contribution in [3.63, 3.8) is 0 Å². The normalized spacial score (nSPS) is 11.5. The maximum atomic E-state index is 11.8. The van der Waals surface area contributed by atoms with E-state index in [0.717, 1.165) is 12.0 Å². The number of hydrogen-bond acceptors (Lipinski definition) is 2. The summed E-state index contributed by atoms with van der Waals surface area (Å²) in [6.07, 6.45) is 2.61. The van der Waals surface area contributed by atoms with Gasteiger partial charge in [0.25, 0.3) is 0 Å². The Labute approximate surface area is 102 Å². The Morgan fingerprint density at radius 3 is 2.41 bits per heavy atom. The number of carbonyl (C=O) groups excluding carboxylic acids is 1. The third kappa shape index (κ3) is 6.60. The molecular formula is C12H22N2O3. The van der Waals surface area contributed by atoms with Gasteiger partial charge in [0, 0.05) is 12.6 Å². The lowest BCUT2D eigenvalue weighted by atomic mass is 10.2. The van der Waals surface area contributed by atoms with Gasteiger partial charge in [-0.2, -0.15) is 0 Å². The molecule has 1 unspecified atom stereocenters. The molecule has 0 aromatic carbocycles. The number of aliphatic carboxylic acids is 1. The molecule has 0 radical (unpaired) electrons. The van der Waals surface area contributed by atoms with Gasteiger partial charge < -0.3 is 15.3 Å². The number of carboxylic acids is 1. The van der Waals surface area contributed by atoms with Crippen molar-refractivity contribution in [2.24, 2.45) is 0 Å². The first-order valence-electron chi connectivity index (χ1n) is 5.78. The van der Waals surface area contributed by atoms with Crippen LogP contribution < -0.4 is 5.32 Å². The molecule has 0 aliphatic carbocycles. The summed E-state index contributed by atoms with van der Waals surface area (Å²) in [5, 5.41) is 11.4. The number of urea groups is 1. The summed E-state index contributed by atoms with van der Waals surface area (Å²) in [6, 6.07) is -0.419. The Balaban J connectivity index is 4.42. The van der Waals surface area contributed by atoms with E-state index in [4.69, 9.17) is 5.11 Å². The van der Waals surface area contributed by atoms with Crippen LogP contribution in [0, 0.1) is 0 Å². The van der Waals surface area contributed by atoms with E-state index in [0.29, 0.717) is 6.54 Å². The van der Waals surface area contributed by atoms with Crippen molar-refractivity contribution in [2.75, 3.05) is 13.1 Å². The van der Waals surface area contributed by atoms with Gasteiger partial charge in [-0.15, -0.1) is 0 Å². The van der Waals surface area contributed by atoms with Gasteiger partial charge in [-0.1, -0.05) is 18.6 Å². The predicted molar refractivity (Wildman–Crippen MR) is 66.9 cm³/mol. The second-order valence-corrected chi connectivity index (χ2v) is 4.25. The van der Waals surface area contributed by atoms with E-state index in [1.165, 1.54) is 4.90 Å². The molecule has 17 heavy (non-hydrogen) atoms. The van der Waals surface area contributed by atoms with Crippen molar-refractivity contribution in [2.45, 2.75) is 40.2 Å². The Morgan fingerprint density at radius 1 is 1.41 bits per heavy atom. The fourth-order valence-corrected chi connectivity index (χ4v) is 1.24. The molecule has 0 heterocycles. The molecular weight excluding hydrogens is 220 g/mol. The minimum atomic E-state index is -0.998. The minimum absolute atomic E-state index is 0.0854. The fourth-order valence-electron chi connectivity index (χ4n) is 1.24. The van der Waals surface area contributed by atoms with E-state index in [-0.39, 0.29) is 18.6 Å². The molecule has 0 rings (SSSR count). The van der Waals surface area contributed by atoms with Gasteiger partial charge in [0.2, 0.25) is 0 Å². The van der Waals surface area contributed by atoms with Crippen LogP contribution in [0.4, 0.5) is 4.79 Å². The maximum absolute atomic E-state index is 11.8. The highest BCUT2D eigenvalue weighted by Crippen LogP contribution is 2.03. The fraction of sp³-hybridized carbons (Fsp3) is 0.667. The number of hydrogen-bond donors (Lipinski definition) is 2. The quantitative estimate of drug-likeness (QED) is 0.698. The first-order chi connectivity index (χ1) is 7.88. The van der Waals surface area contributed by atoms with Gasteiger partial charge in [0.1, 0.15) is 6.54 Å². The average Bonchev–Trinajstić information content (AvgIpc) is 2.23. The van der Waals surface area contributed by atoms with Gasteiger partial charge >= 0.3 is 12.0 Å². The highest BCUT2D eigenvalue weighted by atomic mass is 16.4. The first kappa shape index (κ1) is 15.5. The molecule has 98 valence electrons. The van der Waals surface area contributed by atoms with Gasteiger partial charge in [0.05, 0.1) is 0 Å². The molecule has 0 spiro atoms. The van der Waals surface area contributed by atoms with Crippen molar-refractivity contribution in [3.8, 4) is 0 Å². The number of carbonyl (C=O) groups is 2. The molecule has 0 aromatic heterocycles. The number of carboxylic acid groups (broad SMARTS) is 1. The van der Waals surface area contributed by atoms with E-state index >= 15 is 0 Å². The molecule has 0 fully saturated rings. The lowest BCUT2D eigenvalue weighted by molar-refractivity contribution is -0.138. The van der Waals surface area contributed by atoms with Crippen LogP contribution >= 0.6 is 0 Å². The Hall–Kier alpha value is -1.52. The third-order valence-electron chi connectivity index (χ3n) is 2.45. The van der Waals surface area contributed by atoms with Crippen LogP contribution in [0.3, 0.4) is 0 Å². The number of allylic oxidation sites excluding steroid dienone is 1. The van der Waals surface area contributed by atoms with E-state index < -0.39 is 5.97 Å². The largest absolute Gasteiger partial charge is 0.480 e. The molecule has 0 aliphatic heterocycles. The van der Waals surface area contributed by atoms with Gasteiger partial charge in [-0.05, 0) is 27.2 Å². The topological polar surface area (TPSA) is 69.6 Å². The molecule has 0 saturated heterocycles. The predicted octanol–water partition coefficient (Wildman–Crippen LogP) is 1.85. The first-order valence-corrected chi connectivity index (χ1v) is 5.78. The number of nitrogens with zero attached hydrogens (tertiary/aromatic N) is 1. The van der Waals surface area contributed by atoms with Gasteiger partial charge in [-0.3, -0.25) is 4.79 Å². The lowest BCUT2D eigenvalue weighted by Gasteiger charge is -2.26. The number of amides is 2. The van der Waals surface area contributed by atoms with Crippen LogP contribution in [0.5, 0.6) is 0 Å². The van der Waals surface area contributed by atoms with Crippen LogP contribution in [-0.2, 0) is 4.79 Å². The van der Waals surface area contributed by atoms with E-state index in [1.54, 1.807) is 0 Å². The highest BCUT2D eigenvalue weighted by molar-refractivity contribution is 5.80.